The van der Waals surface area contributed by atoms with E-state index in [2.05, 4.69) is 5.32 Å². The Balaban J connectivity index is 1.87. The summed E-state index contributed by atoms with van der Waals surface area (Å²) < 4.78 is 22.5. The maximum Gasteiger partial charge on any atom is 0.311 e. The third-order valence-electron chi connectivity index (χ3n) is 6.76. The second kappa shape index (κ2) is 14.5. The Morgan fingerprint density at radius 2 is 1.68 bits per heavy atom. The number of fused-ring (bicyclic) bond motifs is 3. The smallest absolute Gasteiger partial charge is 0.311 e. The van der Waals surface area contributed by atoms with Gasteiger partial charge in [0, 0.05) is 38.4 Å². The molecule has 2 aromatic rings. The lowest BCUT2D eigenvalue weighted by atomic mass is 9.93. The van der Waals surface area contributed by atoms with Crippen LogP contribution in [0.3, 0.4) is 0 Å². The van der Waals surface area contributed by atoms with Crippen molar-refractivity contribution in [2.24, 2.45) is 0 Å². The summed E-state index contributed by atoms with van der Waals surface area (Å²) in [7, 11) is 4.66. The number of nitrogens with one attached hydrogen (secondary N) is 1. The normalized spacial score (nSPS) is 13.8. The van der Waals surface area contributed by atoms with Gasteiger partial charge in [0.15, 0.2) is 11.5 Å². The second-order valence-electron chi connectivity index (χ2n) is 9.38. The highest BCUT2D eigenvalue weighted by Crippen LogP contribution is 2.50. The van der Waals surface area contributed by atoms with Gasteiger partial charge in [-0.1, -0.05) is 6.07 Å². The van der Waals surface area contributed by atoms with Gasteiger partial charge in [0.05, 0.1) is 40.6 Å². The number of hydrogen-bond acceptors (Lipinski definition) is 9. The molecule has 218 valence electrons. The average molecular weight is 559 g/mol. The lowest BCUT2D eigenvalue weighted by Gasteiger charge is -2.21. The topological polar surface area (TPSA) is 144 Å². The van der Waals surface area contributed by atoms with Crippen LogP contribution in [0.4, 0.5) is 0 Å². The first-order valence-corrected chi connectivity index (χ1v) is 13.2. The number of benzene rings is 2. The number of aliphatic hydroxyl groups excluding tert-OH is 2. The monoisotopic (exact) mass is 558 g/mol. The average Bonchev–Trinajstić information content (AvgIpc) is 3.07. The highest BCUT2D eigenvalue weighted by atomic mass is 16.5. The van der Waals surface area contributed by atoms with E-state index in [0.717, 1.165) is 22.3 Å². The van der Waals surface area contributed by atoms with Crippen LogP contribution < -0.4 is 24.3 Å². The van der Waals surface area contributed by atoms with Crippen LogP contribution in [0, 0.1) is 0 Å². The van der Waals surface area contributed by atoms with Crippen molar-refractivity contribution in [3.63, 3.8) is 0 Å². The molecule has 0 bridgehead atoms. The van der Waals surface area contributed by atoms with E-state index in [9.17, 15) is 14.4 Å². The Morgan fingerprint density at radius 1 is 0.975 bits per heavy atom. The molecule has 0 aliphatic heterocycles. The first-order valence-electron chi connectivity index (χ1n) is 13.2. The van der Waals surface area contributed by atoms with Crippen molar-refractivity contribution in [2.45, 2.75) is 45.1 Å². The Hall–Kier alpha value is -3.83. The van der Waals surface area contributed by atoms with E-state index in [1.807, 2.05) is 12.1 Å². The molecule has 0 saturated heterocycles. The number of aryl methyl sites for hydroxylation is 1. The number of amides is 2. The van der Waals surface area contributed by atoms with Crippen molar-refractivity contribution in [1.82, 2.24) is 10.2 Å². The van der Waals surface area contributed by atoms with Gasteiger partial charge in [-0.15, -0.1) is 0 Å². The Morgan fingerprint density at radius 3 is 2.27 bits per heavy atom. The summed E-state index contributed by atoms with van der Waals surface area (Å²) >= 11 is 0. The van der Waals surface area contributed by atoms with Crippen LogP contribution in [-0.2, 0) is 20.8 Å². The summed E-state index contributed by atoms with van der Waals surface area (Å²) in [5, 5.41) is 21.2. The third kappa shape index (κ3) is 7.22. The van der Waals surface area contributed by atoms with Gasteiger partial charge in [0.25, 0.3) is 0 Å². The van der Waals surface area contributed by atoms with Gasteiger partial charge in [-0.05, 0) is 54.2 Å². The molecule has 3 rings (SSSR count). The van der Waals surface area contributed by atoms with Gasteiger partial charge in [0.1, 0.15) is 5.75 Å². The number of rotatable bonds is 13. The quantitative estimate of drug-likeness (QED) is 0.249. The van der Waals surface area contributed by atoms with Crippen LogP contribution in [-0.4, -0.2) is 80.5 Å². The van der Waals surface area contributed by atoms with E-state index in [1.165, 1.54) is 18.9 Å². The lowest BCUT2D eigenvalue weighted by molar-refractivity contribution is -0.135. The van der Waals surface area contributed by atoms with Crippen molar-refractivity contribution in [3.8, 4) is 34.1 Å². The van der Waals surface area contributed by atoms with Gasteiger partial charge in [0.2, 0.25) is 17.6 Å². The zero-order chi connectivity index (χ0) is 29.2. The van der Waals surface area contributed by atoms with Gasteiger partial charge in [-0.25, -0.2) is 0 Å². The molecule has 0 radical (unpaired) electrons. The predicted octanol–water partition coefficient (Wildman–Crippen LogP) is 2.39. The molecule has 0 fully saturated rings. The lowest BCUT2D eigenvalue weighted by Crippen LogP contribution is -2.35. The molecular weight excluding hydrogens is 520 g/mol. The van der Waals surface area contributed by atoms with Crippen molar-refractivity contribution < 1.29 is 43.5 Å². The largest absolute Gasteiger partial charge is 0.493 e. The number of methoxy groups -OCH3 is 3. The Labute approximate surface area is 234 Å². The summed E-state index contributed by atoms with van der Waals surface area (Å²) in [5.41, 5.74) is 3.36. The van der Waals surface area contributed by atoms with E-state index in [-0.39, 0.29) is 63.4 Å². The maximum atomic E-state index is 12.6. The molecule has 0 spiro atoms. The summed E-state index contributed by atoms with van der Waals surface area (Å²) in [6.07, 6.45) is 1.58. The van der Waals surface area contributed by atoms with Gasteiger partial charge >= 0.3 is 5.97 Å². The molecule has 3 N–H and O–H groups in total. The number of ether oxygens (including phenoxy) is 4. The van der Waals surface area contributed by atoms with Crippen molar-refractivity contribution in [2.75, 3.05) is 47.6 Å². The summed E-state index contributed by atoms with van der Waals surface area (Å²) in [6, 6.07) is 6.82. The molecule has 11 nitrogen and oxygen atoms in total. The second-order valence-corrected chi connectivity index (χ2v) is 9.38. The molecular formula is C29H38N2O9. The van der Waals surface area contributed by atoms with Crippen molar-refractivity contribution >= 4 is 17.8 Å². The molecule has 2 aromatic carbocycles. The van der Waals surface area contributed by atoms with Crippen molar-refractivity contribution in [1.29, 1.82) is 0 Å². The Kier molecular flexibility index (Phi) is 11.2. The molecule has 1 aliphatic carbocycles. The first-order chi connectivity index (χ1) is 19.3. The van der Waals surface area contributed by atoms with Crippen LogP contribution in [0.25, 0.3) is 11.1 Å². The minimum absolute atomic E-state index is 0.0116. The fourth-order valence-corrected chi connectivity index (χ4v) is 5.00. The van der Waals surface area contributed by atoms with E-state index < -0.39 is 5.97 Å². The van der Waals surface area contributed by atoms with Gasteiger partial charge in [-0.3, -0.25) is 14.4 Å². The van der Waals surface area contributed by atoms with Crippen LogP contribution in [0.1, 0.15) is 49.8 Å². The molecule has 0 heterocycles. The molecule has 0 aromatic heterocycles. The fourth-order valence-electron chi connectivity index (χ4n) is 5.00. The molecule has 2 amide bonds. The minimum Gasteiger partial charge on any atom is -0.493 e. The molecule has 1 aliphatic rings. The van der Waals surface area contributed by atoms with Gasteiger partial charge < -0.3 is 39.4 Å². The molecule has 1 atom stereocenters. The number of esters is 1. The highest BCUT2D eigenvalue weighted by molar-refractivity contribution is 5.84. The number of carbonyl (C=O) groups excluding carboxylic acids is 3. The highest BCUT2D eigenvalue weighted by Gasteiger charge is 2.30. The van der Waals surface area contributed by atoms with E-state index in [1.54, 1.807) is 26.4 Å². The first kappa shape index (κ1) is 30.7. The molecule has 11 heteroatoms. The van der Waals surface area contributed by atoms with Crippen LogP contribution in [0.15, 0.2) is 24.3 Å². The fraction of sp³-hybridized carbons (Fsp3) is 0.483. The molecule has 40 heavy (non-hydrogen) atoms. The standard InChI is InChI=1S/C29H38N2O9/c1-18(34)30-23-11-8-19-16-24(37-2)28(38-3)29(39-4)27(19)21-10-9-20(17-22(21)23)40-26(36)7-5-6-25(35)31(12-14-32)13-15-33/h9-10,16-17,23,32-33H,5-8,11-15H2,1-4H3,(H,30,34)/t23-/m0/s1. The summed E-state index contributed by atoms with van der Waals surface area (Å²) in [5.74, 6) is 0.874. The zero-order valence-corrected chi connectivity index (χ0v) is 23.5. The SMILES string of the molecule is COc1cc2c(c(OC)c1OC)-c1ccc(OC(=O)CCCC(=O)N(CCO)CCO)cc1[C@@H](NC(C)=O)CC2. The van der Waals surface area contributed by atoms with Crippen LogP contribution in [0.2, 0.25) is 0 Å². The van der Waals surface area contributed by atoms with E-state index in [0.29, 0.717) is 35.8 Å². The number of carbonyl (C=O) groups is 3. The number of nitrogens with zero attached hydrogens (tertiary/aromatic N) is 1. The van der Waals surface area contributed by atoms with E-state index >= 15 is 0 Å². The summed E-state index contributed by atoms with van der Waals surface area (Å²) in [4.78, 5) is 38.4. The predicted molar refractivity (Wildman–Crippen MR) is 147 cm³/mol. The zero-order valence-electron chi connectivity index (χ0n) is 23.5. The summed E-state index contributed by atoms with van der Waals surface area (Å²) in [6.45, 7) is 1.30. The maximum absolute atomic E-state index is 12.6. The van der Waals surface area contributed by atoms with Crippen molar-refractivity contribution in [3.05, 3.63) is 35.4 Å². The van der Waals surface area contributed by atoms with E-state index in [4.69, 9.17) is 29.2 Å². The number of hydrogen-bond donors (Lipinski definition) is 3. The third-order valence-corrected chi connectivity index (χ3v) is 6.76. The minimum atomic E-state index is -0.502. The van der Waals surface area contributed by atoms with Crippen LogP contribution >= 0.6 is 0 Å². The molecule has 0 saturated carbocycles. The Bertz CT molecular complexity index is 1210. The van der Waals surface area contributed by atoms with Crippen LogP contribution in [0.5, 0.6) is 23.0 Å². The van der Waals surface area contributed by atoms with Gasteiger partial charge in [-0.2, -0.15) is 0 Å². The molecule has 0 unspecified atom stereocenters. The number of aliphatic hydroxyl groups is 2.